The molecule has 7 nitrogen and oxygen atoms in total. The lowest BCUT2D eigenvalue weighted by molar-refractivity contribution is -0.128. The minimum absolute atomic E-state index is 0. The maximum absolute atomic E-state index is 14.9. The molecule has 2 aliphatic rings. The van der Waals surface area contributed by atoms with Gasteiger partial charge in [0.15, 0.2) is 0 Å². The SMILES string of the molecule is COc1ccc(CN2C(=O)CCc3c(OC[C@@]4(O)CCNC[C@@H]4OC)ccc(F)c32)cc1.Cl. The van der Waals surface area contributed by atoms with Crippen LogP contribution in [0.2, 0.25) is 0 Å². The summed E-state index contributed by atoms with van der Waals surface area (Å²) in [6, 6.07) is 10.2. The molecule has 0 unspecified atom stereocenters. The summed E-state index contributed by atoms with van der Waals surface area (Å²) in [4.78, 5) is 14.2. The van der Waals surface area contributed by atoms with Crippen molar-refractivity contribution in [2.45, 2.75) is 37.5 Å². The van der Waals surface area contributed by atoms with E-state index in [0.717, 1.165) is 5.56 Å². The van der Waals surface area contributed by atoms with Crippen LogP contribution in [0.4, 0.5) is 10.1 Å². The van der Waals surface area contributed by atoms with Gasteiger partial charge in [-0.05, 0) is 49.2 Å². The summed E-state index contributed by atoms with van der Waals surface area (Å²) in [6.45, 7) is 1.46. The van der Waals surface area contributed by atoms with Gasteiger partial charge in [-0.3, -0.25) is 4.79 Å². The molecular weight excluding hydrogens is 451 g/mol. The number of carbonyl (C=O) groups is 1. The molecule has 2 aliphatic heterocycles. The molecule has 0 radical (unpaired) electrons. The first-order chi connectivity index (χ1) is 15.4. The summed E-state index contributed by atoms with van der Waals surface area (Å²) in [6.07, 6.45) is 0.726. The second-order valence-electron chi connectivity index (χ2n) is 8.27. The zero-order chi connectivity index (χ0) is 22.7. The van der Waals surface area contributed by atoms with Crippen LogP contribution in [0.5, 0.6) is 11.5 Å². The van der Waals surface area contributed by atoms with E-state index in [0.29, 0.717) is 43.0 Å². The van der Waals surface area contributed by atoms with E-state index in [1.54, 1.807) is 20.3 Å². The third-order valence-electron chi connectivity index (χ3n) is 6.28. The van der Waals surface area contributed by atoms with Crippen LogP contribution in [-0.2, 0) is 22.5 Å². The van der Waals surface area contributed by atoms with Gasteiger partial charge in [-0.15, -0.1) is 12.4 Å². The van der Waals surface area contributed by atoms with Crippen molar-refractivity contribution in [1.82, 2.24) is 5.32 Å². The number of fused-ring (bicyclic) bond motifs is 1. The van der Waals surface area contributed by atoms with Crippen LogP contribution in [0.3, 0.4) is 0 Å². The molecular formula is C24H30ClFN2O5. The van der Waals surface area contributed by atoms with Crippen LogP contribution < -0.4 is 19.7 Å². The summed E-state index contributed by atoms with van der Waals surface area (Å²) in [5.41, 5.74) is 0.610. The molecule has 180 valence electrons. The van der Waals surface area contributed by atoms with Crippen molar-refractivity contribution < 1.29 is 28.5 Å². The molecule has 9 heteroatoms. The molecule has 2 aromatic carbocycles. The van der Waals surface area contributed by atoms with Gasteiger partial charge in [-0.2, -0.15) is 0 Å². The lowest BCUT2D eigenvalue weighted by Gasteiger charge is -2.39. The van der Waals surface area contributed by atoms with E-state index in [-0.39, 0.29) is 43.6 Å². The Labute approximate surface area is 199 Å². The van der Waals surface area contributed by atoms with Crippen LogP contribution in [0, 0.1) is 5.82 Å². The Morgan fingerprint density at radius 1 is 1.18 bits per heavy atom. The van der Waals surface area contributed by atoms with E-state index in [1.807, 2.05) is 24.3 Å². The van der Waals surface area contributed by atoms with Crippen LogP contribution in [0.25, 0.3) is 0 Å². The number of ether oxygens (including phenoxy) is 3. The van der Waals surface area contributed by atoms with Gasteiger partial charge in [-0.1, -0.05) is 12.1 Å². The number of piperidine rings is 1. The Morgan fingerprint density at radius 2 is 1.94 bits per heavy atom. The number of hydrogen-bond acceptors (Lipinski definition) is 6. The lowest BCUT2D eigenvalue weighted by atomic mass is 9.90. The number of amides is 1. The standard InChI is InChI=1S/C24H29FN2O5.ClH/c1-30-17-5-3-16(4-6-17)14-27-22(28)10-7-18-20(9-8-19(25)23(18)27)32-15-24(29)11-12-26-13-21(24)31-2;/h3-6,8-9,21,26,29H,7,10-15H2,1-2H3;1H/t21-,24-;/m0./s1. The summed E-state index contributed by atoms with van der Waals surface area (Å²) < 4.78 is 31.6. The number of aliphatic hydroxyl groups is 1. The minimum atomic E-state index is -1.14. The second kappa shape index (κ2) is 10.7. The third-order valence-corrected chi connectivity index (χ3v) is 6.28. The van der Waals surface area contributed by atoms with Gasteiger partial charge in [0.05, 0.1) is 19.3 Å². The number of nitrogens with one attached hydrogen (secondary N) is 1. The number of halogens is 2. The zero-order valence-electron chi connectivity index (χ0n) is 18.8. The van der Waals surface area contributed by atoms with Gasteiger partial charge in [0.1, 0.15) is 35.6 Å². The molecule has 33 heavy (non-hydrogen) atoms. The molecule has 2 heterocycles. The average Bonchev–Trinajstić information content (AvgIpc) is 2.81. The van der Waals surface area contributed by atoms with Crippen molar-refractivity contribution in [3.8, 4) is 11.5 Å². The molecule has 4 rings (SSSR count). The van der Waals surface area contributed by atoms with Gasteiger partial charge in [0, 0.05) is 25.6 Å². The Balaban J connectivity index is 0.00000306. The van der Waals surface area contributed by atoms with Crippen molar-refractivity contribution in [3.63, 3.8) is 0 Å². The predicted molar refractivity (Wildman–Crippen MR) is 125 cm³/mol. The van der Waals surface area contributed by atoms with E-state index in [2.05, 4.69) is 5.32 Å². The van der Waals surface area contributed by atoms with Crippen LogP contribution in [0.1, 0.15) is 24.0 Å². The summed E-state index contributed by atoms with van der Waals surface area (Å²) in [7, 11) is 3.15. The largest absolute Gasteiger partial charge is 0.497 e. The molecule has 1 saturated heterocycles. The molecule has 0 spiro atoms. The molecule has 2 aromatic rings. The Bertz CT molecular complexity index is 974. The van der Waals surface area contributed by atoms with E-state index >= 15 is 0 Å². The fourth-order valence-corrected chi connectivity index (χ4v) is 4.39. The fourth-order valence-electron chi connectivity index (χ4n) is 4.39. The highest BCUT2D eigenvalue weighted by Gasteiger charge is 2.40. The smallest absolute Gasteiger partial charge is 0.227 e. The Kier molecular flexibility index (Phi) is 8.18. The van der Waals surface area contributed by atoms with Crippen molar-refractivity contribution >= 4 is 24.0 Å². The number of carbonyl (C=O) groups excluding carboxylic acids is 1. The monoisotopic (exact) mass is 480 g/mol. The first kappa shape index (κ1) is 25.2. The minimum Gasteiger partial charge on any atom is -0.497 e. The van der Waals surface area contributed by atoms with Crippen molar-refractivity contribution in [1.29, 1.82) is 0 Å². The molecule has 2 N–H and O–H groups in total. The topological polar surface area (TPSA) is 80.3 Å². The highest BCUT2D eigenvalue weighted by molar-refractivity contribution is 5.97. The highest BCUT2D eigenvalue weighted by atomic mass is 35.5. The van der Waals surface area contributed by atoms with Gasteiger partial charge in [0.25, 0.3) is 0 Å². The summed E-state index contributed by atoms with van der Waals surface area (Å²) in [5.74, 6) is 0.590. The Hall–Kier alpha value is -2.39. The van der Waals surface area contributed by atoms with Crippen LogP contribution >= 0.6 is 12.4 Å². The van der Waals surface area contributed by atoms with E-state index in [1.165, 1.54) is 11.0 Å². The summed E-state index contributed by atoms with van der Waals surface area (Å²) >= 11 is 0. The average molecular weight is 481 g/mol. The molecule has 0 saturated carbocycles. The van der Waals surface area contributed by atoms with Crippen molar-refractivity contribution in [2.24, 2.45) is 0 Å². The van der Waals surface area contributed by atoms with E-state index < -0.39 is 17.5 Å². The number of nitrogens with zero attached hydrogens (tertiary/aromatic N) is 1. The molecule has 1 fully saturated rings. The maximum Gasteiger partial charge on any atom is 0.227 e. The van der Waals surface area contributed by atoms with Gasteiger partial charge < -0.3 is 29.5 Å². The molecule has 1 amide bonds. The number of benzene rings is 2. The first-order valence-electron chi connectivity index (χ1n) is 10.8. The predicted octanol–water partition coefficient (Wildman–Crippen LogP) is 2.85. The number of rotatable bonds is 7. The number of methoxy groups -OCH3 is 2. The van der Waals surface area contributed by atoms with Crippen LogP contribution in [-0.4, -0.2) is 56.6 Å². The second-order valence-corrected chi connectivity index (χ2v) is 8.27. The molecule has 0 aromatic heterocycles. The Morgan fingerprint density at radius 3 is 2.64 bits per heavy atom. The van der Waals surface area contributed by atoms with Crippen LogP contribution in [0.15, 0.2) is 36.4 Å². The normalized spacial score (nSPS) is 22.4. The number of anilines is 1. The maximum atomic E-state index is 14.9. The van der Waals surface area contributed by atoms with Gasteiger partial charge in [-0.25, -0.2) is 4.39 Å². The molecule has 2 atom stereocenters. The highest BCUT2D eigenvalue weighted by Crippen LogP contribution is 2.38. The lowest BCUT2D eigenvalue weighted by Crippen LogP contribution is -2.58. The van der Waals surface area contributed by atoms with Gasteiger partial charge in [0.2, 0.25) is 5.91 Å². The first-order valence-corrected chi connectivity index (χ1v) is 10.8. The fraction of sp³-hybridized carbons (Fsp3) is 0.458. The zero-order valence-corrected chi connectivity index (χ0v) is 19.6. The third kappa shape index (κ3) is 5.24. The van der Waals surface area contributed by atoms with Gasteiger partial charge >= 0.3 is 0 Å². The van der Waals surface area contributed by atoms with Crippen molar-refractivity contribution in [3.05, 3.63) is 53.3 Å². The van der Waals surface area contributed by atoms with Crippen molar-refractivity contribution in [2.75, 3.05) is 38.8 Å². The number of hydrogen-bond donors (Lipinski definition) is 2. The summed E-state index contributed by atoms with van der Waals surface area (Å²) in [5, 5.41) is 14.2. The molecule has 0 bridgehead atoms. The van der Waals surface area contributed by atoms with E-state index in [9.17, 15) is 14.3 Å². The quantitative estimate of drug-likeness (QED) is 0.634. The van der Waals surface area contributed by atoms with E-state index in [4.69, 9.17) is 14.2 Å². The molecule has 0 aliphatic carbocycles.